The molecule has 0 aliphatic heterocycles. The number of primary amides is 1. The molecule has 11 nitrogen and oxygen atoms in total. The molecule has 42 heavy (non-hydrogen) atoms. The number of pyridine rings is 1. The van der Waals surface area contributed by atoms with Crippen molar-refractivity contribution in [2.24, 2.45) is 5.73 Å². The van der Waals surface area contributed by atoms with E-state index in [2.05, 4.69) is 46.7 Å². The van der Waals surface area contributed by atoms with Gasteiger partial charge in [-0.25, -0.2) is 9.67 Å². The molecule has 3 heterocycles. The average Bonchev–Trinajstić information content (AvgIpc) is 3.57. The number of tetrazole rings is 1. The molecule has 0 aliphatic carbocycles. The Bertz CT molecular complexity index is 1820. The van der Waals surface area contributed by atoms with Crippen LogP contribution < -0.4 is 11.1 Å². The Kier molecular flexibility index (Phi) is 7.99. The summed E-state index contributed by atoms with van der Waals surface area (Å²) in [4.78, 5) is 30.9. The molecule has 0 bridgehead atoms. The van der Waals surface area contributed by atoms with Gasteiger partial charge in [-0.3, -0.25) is 9.59 Å². The first-order valence-corrected chi connectivity index (χ1v) is 13.2. The summed E-state index contributed by atoms with van der Waals surface area (Å²) < 4.78 is 40.2. The zero-order valence-corrected chi connectivity index (χ0v) is 23.9. The van der Waals surface area contributed by atoms with Crippen LogP contribution in [0.25, 0.3) is 17.2 Å². The van der Waals surface area contributed by atoms with E-state index in [1.807, 2.05) is 0 Å². The molecule has 0 unspecified atom stereocenters. The molecule has 5 aromatic rings. The van der Waals surface area contributed by atoms with Gasteiger partial charge in [0, 0.05) is 21.3 Å². The lowest BCUT2D eigenvalue weighted by Gasteiger charge is -2.13. The number of anilines is 1. The number of benzene rings is 2. The van der Waals surface area contributed by atoms with Gasteiger partial charge in [0.2, 0.25) is 5.82 Å². The number of hydrogen-bond donors (Lipinski definition) is 2. The second kappa shape index (κ2) is 11.5. The van der Waals surface area contributed by atoms with Crippen molar-refractivity contribution in [2.75, 3.05) is 5.32 Å². The predicted molar refractivity (Wildman–Crippen MR) is 149 cm³/mol. The number of halogens is 6. The van der Waals surface area contributed by atoms with Crippen LogP contribution in [-0.2, 0) is 12.7 Å². The molecule has 3 aromatic heterocycles. The van der Waals surface area contributed by atoms with Crippen molar-refractivity contribution in [3.63, 3.8) is 0 Å². The van der Waals surface area contributed by atoms with Gasteiger partial charge in [0.15, 0.2) is 5.82 Å². The largest absolute Gasteiger partial charge is 0.416 e. The number of aromatic nitrogens is 7. The van der Waals surface area contributed by atoms with Crippen LogP contribution in [-0.4, -0.2) is 46.8 Å². The highest BCUT2D eigenvalue weighted by molar-refractivity contribution is 9.10. The summed E-state index contributed by atoms with van der Waals surface area (Å²) in [6.45, 7) is -0.0808. The third-order valence-corrected chi connectivity index (χ3v) is 6.86. The molecule has 5 rings (SSSR count). The molecule has 17 heteroatoms. The van der Waals surface area contributed by atoms with Gasteiger partial charge in [-0.1, -0.05) is 35.3 Å². The third-order valence-electron chi connectivity index (χ3n) is 5.72. The van der Waals surface area contributed by atoms with Crippen LogP contribution in [0.4, 0.5) is 18.9 Å². The summed E-state index contributed by atoms with van der Waals surface area (Å²) in [5, 5.41) is 19.6. The van der Waals surface area contributed by atoms with Crippen LogP contribution in [0.15, 0.2) is 65.3 Å². The average molecular weight is 681 g/mol. The standard InChI is InChI=1S/C25H15BrCl2F3N9O2/c26-17-9-14(27)8-16(21(32)41)20(17)34-24(42)19-10-15(36-40(19)23-18(28)2-1-7-33-23)11-39-37-22(35-38-39)12-3-5-13(6-4-12)25(29,30)31/h1-10H,11H2,(H2,32,41)(H,34,42). The van der Waals surface area contributed by atoms with E-state index < -0.39 is 23.6 Å². The van der Waals surface area contributed by atoms with Gasteiger partial charge in [0.1, 0.15) is 12.2 Å². The fourth-order valence-corrected chi connectivity index (χ4v) is 4.93. The first kappa shape index (κ1) is 29.2. The Hall–Kier alpha value is -4.34. The number of nitrogens with one attached hydrogen (secondary N) is 1. The number of hydrogen-bond acceptors (Lipinski definition) is 7. The lowest BCUT2D eigenvalue weighted by molar-refractivity contribution is -0.137. The van der Waals surface area contributed by atoms with Crippen molar-refractivity contribution in [2.45, 2.75) is 12.7 Å². The van der Waals surface area contributed by atoms with E-state index in [9.17, 15) is 22.8 Å². The topological polar surface area (TPSA) is 146 Å². The normalized spacial score (nSPS) is 11.5. The Labute approximate surface area is 252 Å². The number of carbonyl (C=O) groups is 2. The van der Waals surface area contributed by atoms with Crippen molar-refractivity contribution < 1.29 is 22.8 Å². The highest BCUT2D eigenvalue weighted by atomic mass is 79.9. The molecule has 0 atom stereocenters. The summed E-state index contributed by atoms with van der Waals surface area (Å²) in [5.74, 6) is -1.30. The number of nitrogens with two attached hydrogens (primary N) is 1. The van der Waals surface area contributed by atoms with Gasteiger partial charge >= 0.3 is 6.18 Å². The number of rotatable bonds is 7. The van der Waals surface area contributed by atoms with Gasteiger partial charge in [-0.2, -0.15) is 23.1 Å². The Morgan fingerprint density at radius 3 is 2.45 bits per heavy atom. The molecule has 0 spiro atoms. The van der Waals surface area contributed by atoms with Crippen molar-refractivity contribution in [1.82, 2.24) is 35.0 Å². The lowest BCUT2D eigenvalue weighted by Crippen LogP contribution is -2.21. The van der Waals surface area contributed by atoms with Crippen LogP contribution in [0.3, 0.4) is 0 Å². The number of alkyl halides is 3. The zero-order valence-electron chi connectivity index (χ0n) is 20.8. The zero-order chi connectivity index (χ0) is 30.2. The van der Waals surface area contributed by atoms with Gasteiger partial charge in [0.05, 0.1) is 27.5 Å². The highest BCUT2D eigenvalue weighted by Crippen LogP contribution is 2.32. The quantitative estimate of drug-likeness (QED) is 0.234. The van der Waals surface area contributed by atoms with E-state index in [4.69, 9.17) is 28.9 Å². The van der Waals surface area contributed by atoms with Crippen LogP contribution in [0.5, 0.6) is 0 Å². The monoisotopic (exact) mass is 679 g/mol. The summed E-state index contributed by atoms with van der Waals surface area (Å²) in [5.41, 5.74) is 5.30. The van der Waals surface area contributed by atoms with Gasteiger partial charge in [0.25, 0.3) is 11.8 Å². The number of amides is 2. The van der Waals surface area contributed by atoms with Crippen molar-refractivity contribution in [3.8, 4) is 17.2 Å². The first-order valence-electron chi connectivity index (χ1n) is 11.7. The lowest BCUT2D eigenvalue weighted by atomic mass is 10.1. The summed E-state index contributed by atoms with van der Waals surface area (Å²) in [6, 6.07) is 11.7. The van der Waals surface area contributed by atoms with Gasteiger partial charge in [-0.05, 0) is 63.6 Å². The van der Waals surface area contributed by atoms with Crippen LogP contribution in [0.1, 0.15) is 32.1 Å². The molecule has 2 amide bonds. The van der Waals surface area contributed by atoms with Crippen LogP contribution >= 0.6 is 39.1 Å². The minimum atomic E-state index is -4.48. The predicted octanol–water partition coefficient (Wildman–Crippen LogP) is 5.41. The first-order chi connectivity index (χ1) is 19.9. The molecule has 3 N–H and O–H groups in total. The van der Waals surface area contributed by atoms with E-state index in [-0.39, 0.29) is 50.9 Å². The summed E-state index contributed by atoms with van der Waals surface area (Å²) in [6.07, 6.45) is -3.02. The second-order valence-corrected chi connectivity index (χ2v) is 10.3. The smallest absolute Gasteiger partial charge is 0.366 e. The summed E-state index contributed by atoms with van der Waals surface area (Å²) in [7, 11) is 0. The minimum Gasteiger partial charge on any atom is -0.366 e. The Balaban J connectivity index is 1.47. The van der Waals surface area contributed by atoms with Gasteiger partial charge < -0.3 is 11.1 Å². The highest BCUT2D eigenvalue weighted by Gasteiger charge is 2.30. The number of nitrogens with zero attached hydrogens (tertiary/aromatic N) is 7. The van der Waals surface area contributed by atoms with Crippen LogP contribution in [0.2, 0.25) is 10.0 Å². The molecule has 0 fully saturated rings. The molecular weight excluding hydrogens is 666 g/mol. The molecular formula is C25H15BrCl2F3N9O2. The molecule has 214 valence electrons. The molecule has 0 saturated carbocycles. The SMILES string of the molecule is NC(=O)c1cc(Cl)cc(Br)c1NC(=O)c1cc(Cn2nnc(-c3ccc(C(F)(F)F)cc3)n2)nn1-c1ncccc1Cl. The summed E-state index contributed by atoms with van der Waals surface area (Å²) >= 11 is 15.7. The number of carbonyl (C=O) groups excluding carboxylic acids is 2. The van der Waals surface area contributed by atoms with Crippen molar-refractivity contribution in [1.29, 1.82) is 0 Å². The molecule has 0 aliphatic rings. The maximum atomic E-state index is 13.5. The van der Waals surface area contributed by atoms with Crippen molar-refractivity contribution in [3.05, 3.63) is 97.8 Å². The van der Waals surface area contributed by atoms with E-state index in [0.717, 1.165) is 16.9 Å². The minimum absolute atomic E-state index is 0.0223. The maximum absolute atomic E-state index is 13.5. The molecule has 2 aromatic carbocycles. The fraction of sp³-hybridized carbons (Fsp3) is 0.0800. The maximum Gasteiger partial charge on any atom is 0.416 e. The van der Waals surface area contributed by atoms with E-state index in [0.29, 0.717) is 10.0 Å². The van der Waals surface area contributed by atoms with E-state index in [1.165, 1.54) is 41.2 Å². The molecule has 0 saturated heterocycles. The third kappa shape index (κ3) is 6.12. The fourth-order valence-electron chi connectivity index (χ4n) is 3.82. The second-order valence-electron chi connectivity index (χ2n) is 8.59. The van der Waals surface area contributed by atoms with E-state index in [1.54, 1.807) is 12.1 Å². The Morgan fingerprint density at radius 1 is 1.05 bits per heavy atom. The van der Waals surface area contributed by atoms with Crippen LogP contribution in [0, 0.1) is 0 Å². The van der Waals surface area contributed by atoms with E-state index >= 15 is 0 Å². The molecule has 0 radical (unpaired) electrons. The van der Waals surface area contributed by atoms with Gasteiger partial charge in [-0.15, -0.1) is 10.2 Å². The van der Waals surface area contributed by atoms with Crippen molar-refractivity contribution >= 4 is 56.6 Å². The Morgan fingerprint density at radius 2 is 1.79 bits per heavy atom.